The molecule has 0 aliphatic carbocycles. The van der Waals surface area contributed by atoms with E-state index in [1.54, 1.807) is 0 Å². The summed E-state index contributed by atoms with van der Waals surface area (Å²) in [5.74, 6) is 0. The van der Waals surface area contributed by atoms with Crippen LogP contribution in [0.25, 0.3) is 0 Å². The van der Waals surface area contributed by atoms with E-state index in [-0.39, 0.29) is 6.04 Å². The van der Waals surface area contributed by atoms with Crippen LogP contribution in [0.1, 0.15) is 58.6 Å². The predicted octanol–water partition coefficient (Wildman–Crippen LogP) is 4.87. The Labute approximate surface area is 126 Å². The predicted molar refractivity (Wildman–Crippen MR) is 88.8 cm³/mol. The summed E-state index contributed by atoms with van der Waals surface area (Å²) in [7, 11) is 0. The lowest BCUT2D eigenvalue weighted by Gasteiger charge is -2.33. The molecule has 2 N–H and O–H groups in total. The van der Waals surface area contributed by atoms with Crippen LogP contribution in [-0.4, -0.2) is 12.6 Å². The lowest BCUT2D eigenvalue weighted by molar-refractivity contribution is 0.591. The van der Waals surface area contributed by atoms with Crippen LogP contribution in [-0.2, 0) is 0 Å². The van der Waals surface area contributed by atoms with E-state index in [1.807, 2.05) is 0 Å². The van der Waals surface area contributed by atoms with E-state index in [9.17, 15) is 0 Å². The number of halogens is 1. The maximum Gasteiger partial charge on any atom is 0.0417 e. The number of hydrogen-bond acceptors (Lipinski definition) is 2. The molecule has 0 fully saturated rings. The summed E-state index contributed by atoms with van der Waals surface area (Å²) in [5, 5.41) is 0. The van der Waals surface area contributed by atoms with Crippen molar-refractivity contribution in [2.24, 2.45) is 5.73 Å². The Bertz CT molecular complexity index is 390. The van der Waals surface area contributed by atoms with Gasteiger partial charge in [0.05, 0.1) is 0 Å². The molecule has 2 atom stereocenters. The number of nitrogens with two attached hydrogens (primary N) is 1. The Balaban J connectivity index is 3.13. The fourth-order valence-electron chi connectivity index (χ4n) is 2.28. The fourth-order valence-corrected chi connectivity index (χ4v) is 2.66. The molecule has 0 radical (unpaired) electrons. The van der Waals surface area contributed by atoms with Gasteiger partial charge in [-0.05, 0) is 50.5 Å². The smallest absolute Gasteiger partial charge is 0.0417 e. The van der Waals surface area contributed by atoms with Crippen LogP contribution >= 0.6 is 15.9 Å². The molecular formula is C16H27BrN2. The molecule has 0 saturated heterocycles. The van der Waals surface area contributed by atoms with Crippen molar-refractivity contribution in [2.75, 3.05) is 11.4 Å². The Morgan fingerprint density at radius 2 is 1.95 bits per heavy atom. The Kier molecular flexibility index (Phi) is 6.87. The zero-order chi connectivity index (χ0) is 14.4. The second-order valence-corrected chi connectivity index (χ2v) is 6.21. The molecule has 1 aromatic carbocycles. The van der Waals surface area contributed by atoms with Gasteiger partial charge in [0.2, 0.25) is 0 Å². The molecule has 0 aromatic heterocycles. The summed E-state index contributed by atoms with van der Waals surface area (Å²) in [5.41, 5.74) is 8.66. The average Bonchev–Trinajstić information content (AvgIpc) is 2.39. The second kappa shape index (κ2) is 7.91. The summed E-state index contributed by atoms with van der Waals surface area (Å²) in [6.07, 6.45) is 3.59. The van der Waals surface area contributed by atoms with E-state index < -0.39 is 0 Å². The highest BCUT2D eigenvalue weighted by atomic mass is 79.9. The highest BCUT2D eigenvalue weighted by molar-refractivity contribution is 9.10. The average molecular weight is 327 g/mol. The summed E-state index contributed by atoms with van der Waals surface area (Å²) in [6, 6.07) is 7.07. The van der Waals surface area contributed by atoms with Crippen molar-refractivity contribution in [1.29, 1.82) is 0 Å². The second-order valence-electron chi connectivity index (χ2n) is 5.30. The zero-order valence-corrected chi connectivity index (χ0v) is 14.2. The van der Waals surface area contributed by atoms with Crippen LogP contribution in [0.15, 0.2) is 22.7 Å². The van der Waals surface area contributed by atoms with Crippen LogP contribution in [0.4, 0.5) is 5.69 Å². The lowest BCUT2D eigenvalue weighted by atomic mass is 10.0. The number of rotatable bonds is 7. The summed E-state index contributed by atoms with van der Waals surface area (Å²) >= 11 is 3.55. The third kappa shape index (κ3) is 4.50. The SMILES string of the molecule is CCCCN(c1ccc(Br)cc1C(C)N)C(C)CC. The summed E-state index contributed by atoms with van der Waals surface area (Å²) < 4.78 is 1.10. The van der Waals surface area contributed by atoms with Crippen molar-refractivity contribution in [3.05, 3.63) is 28.2 Å². The van der Waals surface area contributed by atoms with Crippen molar-refractivity contribution in [1.82, 2.24) is 0 Å². The number of hydrogen-bond donors (Lipinski definition) is 1. The van der Waals surface area contributed by atoms with Gasteiger partial charge in [-0.2, -0.15) is 0 Å². The van der Waals surface area contributed by atoms with Crippen molar-refractivity contribution < 1.29 is 0 Å². The van der Waals surface area contributed by atoms with Gasteiger partial charge in [-0.15, -0.1) is 0 Å². The maximum atomic E-state index is 6.14. The third-order valence-corrected chi connectivity index (χ3v) is 4.16. The highest BCUT2D eigenvalue weighted by Gasteiger charge is 2.17. The van der Waals surface area contributed by atoms with Gasteiger partial charge < -0.3 is 10.6 Å². The first-order chi connectivity index (χ1) is 9.01. The van der Waals surface area contributed by atoms with E-state index in [4.69, 9.17) is 5.73 Å². The van der Waals surface area contributed by atoms with E-state index in [0.29, 0.717) is 6.04 Å². The molecular weight excluding hydrogens is 300 g/mol. The van der Waals surface area contributed by atoms with Crippen LogP contribution in [0.5, 0.6) is 0 Å². The van der Waals surface area contributed by atoms with Crippen molar-refractivity contribution in [3.63, 3.8) is 0 Å². The van der Waals surface area contributed by atoms with Gasteiger partial charge in [0, 0.05) is 28.8 Å². The Morgan fingerprint density at radius 1 is 1.26 bits per heavy atom. The van der Waals surface area contributed by atoms with Gasteiger partial charge in [-0.1, -0.05) is 36.2 Å². The maximum absolute atomic E-state index is 6.14. The molecule has 3 heteroatoms. The topological polar surface area (TPSA) is 29.3 Å². The first-order valence-corrected chi connectivity index (χ1v) is 8.12. The number of nitrogens with zero attached hydrogens (tertiary/aromatic N) is 1. The molecule has 0 heterocycles. The van der Waals surface area contributed by atoms with Gasteiger partial charge >= 0.3 is 0 Å². The molecule has 0 aliphatic rings. The van der Waals surface area contributed by atoms with Gasteiger partial charge in [-0.25, -0.2) is 0 Å². The van der Waals surface area contributed by atoms with Crippen molar-refractivity contribution in [3.8, 4) is 0 Å². The molecule has 0 amide bonds. The molecule has 2 nitrogen and oxygen atoms in total. The molecule has 2 unspecified atom stereocenters. The first-order valence-electron chi connectivity index (χ1n) is 7.32. The molecule has 108 valence electrons. The molecule has 0 aliphatic heterocycles. The Hall–Kier alpha value is -0.540. The number of anilines is 1. The van der Waals surface area contributed by atoms with E-state index in [0.717, 1.165) is 17.4 Å². The van der Waals surface area contributed by atoms with E-state index in [2.05, 4.69) is 66.7 Å². The van der Waals surface area contributed by atoms with Crippen LogP contribution in [0.2, 0.25) is 0 Å². The monoisotopic (exact) mass is 326 g/mol. The van der Waals surface area contributed by atoms with Crippen molar-refractivity contribution in [2.45, 2.75) is 59.0 Å². The normalized spacial score (nSPS) is 14.2. The van der Waals surface area contributed by atoms with Gasteiger partial charge in [-0.3, -0.25) is 0 Å². The van der Waals surface area contributed by atoms with Crippen LogP contribution in [0, 0.1) is 0 Å². The molecule has 0 spiro atoms. The minimum atomic E-state index is 0.0562. The minimum Gasteiger partial charge on any atom is -0.369 e. The minimum absolute atomic E-state index is 0.0562. The largest absolute Gasteiger partial charge is 0.369 e. The van der Waals surface area contributed by atoms with Crippen LogP contribution in [0.3, 0.4) is 0 Å². The third-order valence-electron chi connectivity index (χ3n) is 3.67. The van der Waals surface area contributed by atoms with E-state index >= 15 is 0 Å². The quantitative estimate of drug-likeness (QED) is 0.774. The van der Waals surface area contributed by atoms with E-state index in [1.165, 1.54) is 24.1 Å². The molecule has 0 bridgehead atoms. The van der Waals surface area contributed by atoms with Gasteiger partial charge in [0.15, 0.2) is 0 Å². The molecule has 1 aromatic rings. The van der Waals surface area contributed by atoms with Crippen LogP contribution < -0.4 is 10.6 Å². The first kappa shape index (κ1) is 16.5. The lowest BCUT2D eigenvalue weighted by Crippen LogP contribution is -2.34. The number of unbranched alkanes of at least 4 members (excludes halogenated alkanes) is 1. The Morgan fingerprint density at radius 3 is 2.47 bits per heavy atom. The van der Waals surface area contributed by atoms with Gasteiger partial charge in [0.1, 0.15) is 0 Å². The summed E-state index contributed by atoms with van der Waals surface area (Å²) in [6.45, 7) is 9.94. The molecule has 0 saturated carbocycles. The zero-order valence-electron chi connectivity index (χ0n) is 12.6. The number of benzene rings is 1. The van der Waals surface area contributed by atoms with Crippen molar-refractivity contribution >= 4 is 21.6 Å². The molecule has 1 rings (SSSR count). The standard InChI is InChI=1S/C16H27BrN2/c1-5-7-10-19(12(3)6-2)16-9-8-14(17)11-15(16)13(4)18/h8-9,11-13H,5-7,10,18H2,1-4H3. The highest BCUT2D eigenvalue weighted by Crippen LogP contribution is 2.30. The van der Waals surface area contributed by atoms with Gasteiger partial charge in [0.25, 0.3) is 0 Å². The fraction of sp³-hybridized carbons (Fsp3) is 0.625. The molecule has 19 heavy (non-hydrogen) atoms. The summed E-state index contributed by atoms with van der Waals surface area (Å²) in [4.78, 5) is 2.51.